The average molecular weight is 641 g/mol. The summed E-state index contributed by atoms with van der Waals surface area (Å²) in [5.74, 6) is 0.715. The molecule has 0 spiro atoms. The van der Waals surface area contributed by atoms with Crippen LogP contribution in [0.1, 0.15) is 0 Å². The lowest BCUT2D eigenvalue weighted by atomic mass is 9.88. The van der Waals surface area contributed by atoms with Crippen molar-refractivity contribution in [1.82, 2.24) is 9.97 Å². The standard InChI is InChI=1S/C46H28N2S/c1-3-12-29(13-4-1)41-28-42(30-14-5-2-6-15-30)48-46(47-41)32-22-24-36-34-16-7-8-17-35(34)38-20-11-19-33(45(38)40(36)27-32)31-23-25-44-39(26-31)37-18-9-10-21-43(37)49-44/h1-28H. The maximum absolute atomic E-state index is 5.18. The molecule has 2 heterocycles. The Morgan fingerprint density at radius 2 is 0.878 bits per heavy atom. The van der Waals surface area contributed by atoms with Gasteiger partial charge in [0.25, 0.3) is 0 Å². The molecule has 8 aromatic carbocycles. The van der Waals surface area contributed by atoms with Crippen LogP contribution < -0.4 is 0 Å². The minimum atomic E-state index is 0.715. The molecule has 49 heavy (non-hydrogen) atoms. The summed E-state index contributed by atoms with van der Waals surface area (Å²) in [6, 6.07) is 60.8. The highest BCUT2D eigenvalue weighted by atomic mass is 32.1. The fourth-order valence-corrected chi connectivity index (χ4v) is 8.46. The van der Waals surface area contributed by atoms with Crippen LogP contribution in [0.25, 0.3) is 97.5 Å². The molecule has 3 heteroatoms. The maximum Gasteiger partial charge on any atom is 0.160 e. The van der Waals surface area contributed by atoms with Crippen molar-refractivity contribution in [2.75, 3.05) is 0 Å². The van der Waals surface area contributed by atoms with Gasteiger partial charge in [0.15, 0.2) is 5.82 Å². The van der Waals surface area contributed by atoms with Gasteiger partial charge in [-0.2, -0.15) is 0 Å². The lowest BCUT2D eigenvalue weighted by molar-refractivity contribution is 1.18. The molecule has 0 aliphatic carbocycles. The minimum Gasteiger partial charge on any atom is -0.228 e. The van der Waals surface area contributed by atoms with Crippen molar-refractivity contribution in [3.8, 4) is 45.0 Å². The van der Waals surface area contributed by atoms with Gasteiger partial charge in [0.1, 0.15) is 0 Å². The van der Waals surface area contributed by atoms with E-state index in [1.54, 1.807) is 0 Å². The van der Waals surface area contributed by atoms with Crippen LogP contribution in [0, 0.1) is 0 Å². The van der Waals surface area contributed by atoms with E-state index in [2.05, 4.69) is 158 Å². The number of hydrogen-bond donors (Lipinski definition) is 0. The first-order valence-corrected chi connectivity index (χ1v) is 17.4. The van der Waals surface area contributed by atoms with E-state index in [-0.39, 0.29) is 0 Å². The quantitative estimate of drug-likeness (QED) is 0.179. The van der Waals surface area contributed by atoms with Gasteiger partial charge in [-0.25, -0.2) is 9.97 Å². The van der Waals surface area contributed by atoms with Gasteiger partial charge in [-0.15, -0.1) is 11.3 Å². The Morgan fingerprint density at radius 3 is 1.61 bits per heavy atom. The molecule has 10 rings (SSSR count). The first-order valence-electron chi connectivity index (χ1n) is 16.6. The maximum atomic E-state index is 5.18. The van der Waals surface area contributed by atoms with Crippen molar-refractivity contribution in [2.24, 2.45) is 0 Å². The van der Waals surface area contributed by atoms with Gasteiger partial charge in [-0.05, 0) is 73.8 Å². The number of thiophene rings is 1. The third-order valence-corrected chi connectivity index (χ3v) is 10.8. The molecule has 0 unspecified atom stereocenters. The minimum absolute atomic E-state index is 0.715. The number of fused-ring (bicyclic) bond motifs is 9. The van der Waals surface area contributed by atoms with Crippen molar-refractivity contribution >= 4 is 63.8 Å². The van der Waals surface area contributed by atoms with Crippen molar-refractivity contribution < 1.29 is 0 Å². The van der Waals surface area contributed by atoms with Gasteiger partial charge < -0.3 is 0 Å². The molecule has 228 valence electrons. The van der Waals surface area contributed by atoms with Crippen LogP contribution in [0.3, 0.4) is 0 Å². The molecule has 0 fully saturated rings. The van der Waals surface area contributed by atoms with Crippen LogP contribution in [0.2, 0.25) is 0 Å². The van der Waals surface area contributed by atoms with Gasteiger partial charge in [-0.3, -0.25) is 0 Å². The summed E-state index contributed by atoms with van der Waals surface area (Å²) in [6.07, 6.45) is 0. The molecule has 0 aliphatic heterocycles. The summed E-state index contributed by atoms with van der Waals surface area (Å²) in [6.45, 7) is 0. The second kappa shape index (κ2) is 11.2. The fraction of sp³-hybridized carbons (Fsp3) is 0. The summed E-state index contributed by atoms with van der Waals surface area (Å²) in [4.78, 5) is 10.4. The van der Waals surface area contributed by atoms with Crippen LogP contribution in [0.4, 0.5) is 0 Å². The van der Waals surface area contributed by atoms with Crippen LogP contribution in [0.5, 0.6) is 0 Å². The lowest BCUT2D eigenvalue weighted by Crippen LogP contribution is -1.96. The van der Waals surface area contributed by atoms with E-state index in [1.165, 1.54) is 63.6 Å². The van der Waals surface area contributed by atoms with E-state index in [9.17, 15) is 0 Å². The molecule has 0 N–H and O–H groups in total. The highest BCUT2D eigenvalue weighted by molar-refractivity contribution is 7.25. The highest BCUT2D eigenvalue weighted by Crippen LogP contribution is 2.43. The molecule has 10 aromatic rings. The Hall–Kier alpha value is -6.16. The molecule has 0 bridgehead atoms. The van der Waals surface area contributed by atoms with Crippen LogP contribution in [0.15, 0.2) is 170 Å². The second-order valence-corrected chi connectivity index (χ2v) is 13.6. The summed E-state index contributed by atoms with van der Waals surface area (Å²) < 4.78 is 2.63. The molecular formula is C46H28N2S. The normalized spacial score (nSPS) is 11.7. The smallest absolute Gasteiger partial charge is 0.160 e. The molecule has 0 atom stereocenters. The Balaban J connectivity index is 1.26. The second-order valence-electron chi connectivity index (χ2n) is 12.5. The van der Waals surface area contributed by atoms with E-state index in [0.29, 0.717) is 5.82 Å². The summed E-state index contributed by atoms with van der Waals surface area (Å²) in [5.41, 5.74) is 7.39. The molecule has 0 radical (unpaired) electrons. The number of hydrogen-bond acceptors (Lipinski definition) is 3. The number of aromatic nitrogens is 2. The predicted octanol–water partition coefficient (Wildman–Crippen LogP) is 13.0. The summed E-state index contributed by atoms with van der Waals surface area (Å²) in [7, 11) is 0. The Labute approximate surface area is 287 Å². The fourth-order valence-electron chi connectivity index (χ4n) is 7.37. The zero-order valence-electron chi connectivity index (χ0n) is 26.5. The van der Waals surface area contributed by atoms with E-state index in [4.69, 9.17) is 9.97 Å². The van der Waals surface area contributed by atoms with Crippen LogP contribution in [-0.2, 0) is 0 Å². The zero-order chi connectivity index (χ0) is 32.3. The summed E-state index contributed by atoms with van der Waals surface area (Å²) in [5, 5.41) is 10.0. The Kier molecular flexibility index (Phi) is 6.39. The van der Waals surface area contributed by atoms with Crippen LogP contribution >= 0.6 is 11.3 Å². The molecule has 2 aromatic heterocycles. The first-order chi connectivity index (χ1) is 24.3. The topological polar surface area (TPSA) is 25.8 Å². The van der Waals surface area contributed by atoms with Gasteiger partial charge >= 0.3 is 0 Å². The number of benzene rings is 8. The van der Waals surface area contributed by atoms with E-state index in [0.717, 1.165) is 28.1 Å². The largest absolute Gasteiger partial charge is 0.228 e. The third kappa shape index (κ3) is 4.62. The van der Waals surface area contributed by atoms with Crippen molar-refractivity contribution in [3.05, 3.63) is 170 Å². The number of rotatable bonds is 4. The first kappa shape index (κ1) is 27.9. The number of nitrogens with zero attached hydrogens (tertiary/aromatic N) is 2. The van der Waals surface area contributed by atoms with Gasteiger partial charge in [0.2, 0.25) is 0 Å². The molecule has 0 saturated carbocycles. The van der Waals surface area contributed by atoms with Gasteiger partial charge in [0, 0.05) is 36.9 Å². The van der Waals surface area contributed by atoms with E-state index >= 15 is 0 Å². The average Bonchev–Trinajstić information content (AvgIpc) is 3.56. The Morgan fingerprint density at radius 1 is 0.327 bits per heavy atom. The van der Waals surface area contributed by atoms with Gasteiger partial charge in [-0.1, -0.05) is 140 Å². The van der Waals surface area contributed by atoms with Crippen molar-refractivity contribution in [3.63, 3.8) is 0 Å². The lowest BCUT2D eigenvalue weighted by Gasteiger charge is -2.16. The van der Waals surface area contributed by atoms with Gasteiger partial charge in [0.05, 0.1) is 11.4 Å². The van der Waals surface area contributed by atoms with E-state index in [1.807, 2.05) is 23.5 Å². The van der Waals surface area contributed by atoms with Crippen molar-refractivity contribution in [2.45, 2.75) is 0 Å². The Bertz CT molecular complexity index is 2810. The molecule has 0 amide bonds. The molecule has 0 saturated heterocycles. The predicted molar refractivity (Wildman–Crippen MR) is 209 cm³/mol. The molecule has 0 aliphatic rings. The third-order valence-electron chi connectivity index (χ3n) is 9.67. The van der Waals surface area contributed by atoms with E-state index < -0.39 is 0 Å². The van der Waals surface area contributed by atoms with Crippen LogP contribution in [-0.4, -0.2) is 9.97 Å². The van der Waals surface area contributed by atoms with Crippen molar-refractivity contribution in [1.29, 1.82) is 0 Å². The molecular weight excluding hydrogens is 613 g/mol. The zero-order valence-corrected chi connectivity index (χ0v) is 27.3. The SMILES string of the molecule is c1ccc(-c2cc(-c3ccccc3)nc(-c3ccc4c5ccccc5c5cccc(-c6ccc7sc8ccccc8c7c6)c5c4c3)n2)cc1. The monoisotopic (exact) mass is 640 g/mol. The molecule has 2 nitrogen and oxygen atoms in total. The highest BCUT2D eigenvalue weighted by Gasteiger charge is 2.17. The summed E-state index contributed by atoms with van der Waals surface area (Å²) >= 11 is 1.86.